The fourth-order valence-corrected chi connectivity index (χ4v) is 3.15. The molecule has 0 spiro atoms. The Morgan fingerprint density at radius 3 is 2.73 bits per heavy atom. The second-order valence-corrected chi connectivity index (χ2v) is 6.88. The maximum absolute atomic E-state index is 12.8. The number of aliphatic imine (C=N–C) groups is 1. The van der Waals surface area contributed by atoms with Gasteiger partial charge in [-0.2, -0.15) is 0 Å². The summed E-state index contributed by atoms with van der Waals surface area (Å²) < 4.78 is 4.97. The highest BCUT2D eigenvalue weighted by Gasteiger charge is 2.32. The van der Waals surface area contributed by atoms with Crippen molar-refractivity contribution in [3.8, 4) is 5.88 Å². The van der Waals surface area contributed by atoms with Gasteiger partial charge < -0.3 is 20.7 Å². The van der Waals surface area contributed by atoms with Crippen LogP contribution >= 0.6 is 0 Å². The summed E-state index contributed by atoms with van der Waals surface area (Å²) in [6, 6.07) is 1.05. The molecule has 1 aromatic rings. The Morgan fingerprint density at radius 1 is 1.37 bits per heavy atom. The molecule has 1 aromatic heterocycles. The number of ether oxygens (including phenoxy) is 1. The molecule has 0 bridgehead atoms. The van der Waals surface area contributed by atoms with E-state index in [0.29, 0.717) is 6.54 Å². The van der Waals surface area contributed by atoms with Gasteiger partial charge in [-0.1, -0.05) is 12.7 Å². The summed E-state index contributed by atoms with van der Waals surface area (Å²) in [5.74, 6) is -2.22. The minimum absolute atomic E-state index is 0.00470. The number of carbonyl (C=O) groups is 3. The highest BCUT2D eigenvalue weighted by Crippen LogP contribution is 2.24. The van der Waals surface area contributed by atoms with Crippen molar-refractivity contribution < 1.29 is 19.1 Å². The number of anilines is 1. The molecule has 0 aliphatic carbocycles. The van der Waals surface area contributed by atoms with E-state index in [4.69, 9.17) is 10.5 Å². The molecule has 0 unspecified atom stereocenters. The fourth-order valence-electron chi connectivity index (χ4n) is 3.15. The molecule has 1 atom stereocenters. The van der Waals surface area contributed by atoms with Crippen molar-refractivity contribution in [3.05, 3.63) is 42.1 Å². The summed E-state index contributed by atoms with van der Waals surface area (Å²) in [5, 5.41) is 2.48. The van der Waals surface area contributed by atoms with E-state index in [-0.39, 0.29) is 23.2 Å². The van der Waals surface area contributed by atoms with Crippen molar-refractivity contribution in [3.63, 3.8) is 0 Å². The van der Waals surface area contributed by atoms with Gasteiger partial charge in [-0.05, 0) is 43.9 Å². The number of amides is 3. The van der Waals surface area contributed by atoms with Crippen LogP contribution in [0.4, 0.5) is 5.69 Å². The van der Waals surface area contributed by atoms with Crippen LogP contribution in [-0.2, 0) is 9.59 Å². The molecule has 3 amide bonds. The van der Waals surface area contributed by atoms with Crippen molar-refractivity contribution in [2.24, 2.45) is 10.7 Å². The molecule has 1 aliphatic heterocycles. The molecule has 9 nitrogen and oxygen atoms in total. The van der Waals surface area contributed by atoms with Crippen molar-refractivity contribution in [2.75, 3.05) is 26.0 Å². The summed E-state index contributed by atoms with van der Waals surface area (Å²) in [4.78, 5) is 46.5. The van der Waals surface area contributed by atoms with Gasteiger partial charge in [0.25, 0.3) is 5.91 Å². The first-order valence-electron chi connectivity index (χ1n) is 9.54. The van der Waals surface area contributed by atoms with E-state index in [1.807, 2.05) is 19.1 Å². The Morgan fingerprint density at radius 2 is 2.10 bits per heavy atom. The summed E-state index contributed by atoms with van der Waals surface area (Å²) in [6.07, 6.45) is 7.40. The lowest BCUT2D eigenvalue weighted by atomic mass is 9.95. The van der Waals surface area contributed by atoms with Crippen LogP contribution < -0.4 is 15.8 Å². The predicted molar refractivity (Wildman–Crippen MR) is 115 cm³/mol. The Kier molecular flexibility index (Phi) is 7.85. The summed E-state index contributed by atoms with van der Waals surface area (Å²) >= 11 is 0. The molecule has 160 valence electrons. The number of piperidine rings is 1. The molecule has 2 heterocycles. The minimum Gasteiger partial charge on any atom is -0.480 e. The second-order valence-electron chi connectivity index (χ2n) is 6.88. The Hall–Kier alpha value is -3.49. The third-order valence-corrected chi connectivity index (χ3v) is 4.85. The van der Waals surface area contributed by atoms with Gasteiger partial charge in [-0.15, -0.1) is 0 Å². The number of carbonyl (C=O) groups excluding carboxylic acids is 3. The van der Waals surface area contributed by atoms with Gasteiger partial charge >= 0.3 is 11.8 Å². The molecule has 30 heavy (non-hydrogen) atoms. The SMILES string of the molecule is C=C(/C=C\C(C)=NC)[C@@H]1CCCCN1C(=O)C(=O)Nc1cnc(OC)c(C(N)=O)c1. The average Bonchev–Trinajstić information content (AvgIpc) is 2.76. The van der Waals surface area contributed by atoms with Crippen LogP contribution in [0.15, 0.2) is 41.6 Å². The van der Waals surface area contributed by atoms with Gasteiger partial charge in [0, 0.05) is 19.3 Å². The van der Waals surface area contributed by atoms with E-state index >= 15 is 0 Å². The monoisotopic (exact) mass is 413 g/mol. The normalized spacial score (nSPS) is 17.0. The van der Waals surface area contributed by atoms with E-state index in [0.717, 1.165) is 30.5 Å². The van der Waals surface area contributed by atoms with Gasteiger partial charge in [0.15, 0.2) is 0 Å². The number of allylic oxidation sites excluding steroid dienone is 1. The lowest BCUT2D eigenvalue weighted by Crippen LogP contribution is -2.48. The van der Waals surface area contributed by atoms with Crippen molar-refractivity contribution in [1.29, 1.82) is 0 Å². The molecule has 0 aromatic carbocycles. The zero-order valence-electron chi connectivity index (χ0n) is 17.5. The molecule has 1 aliphatic rings. The van der Waals surface area contributed by atoms with Gasteiger partial charge in [0.2, 0.25) is 5.88 Å². The quantitative estimate of drug-likeness (QED) is 0.417. The topological polar surface area (TPSA) is 127 Å². The van der Waals surface area contributed by atoms with E-state index in [9.17, 15) is 14.4 Å². The molecule has 1 fully saturated rings. The Bertz CT molecular complexity index is 907. The van der Waals surface area contributed by atoms with E-state index < -0.39 is 17.7 Å². The first kappa shape index (κ1) is 22.8. The lowest BCUT2D eigenvalue weighted by molar-refractivity contribution is -0.145. The van der Waals surface area contributed by atoms with Crippen LogP contribution in [0.25, 0.3) is 0 Å². The van der Waals surface area contributed by atoms with E-state index in [1.54, 1.807) is 7.05 Å². The lowest BCUT2D eigenvalue weighted by Gasteiger charge is -2.35. The Balaban J connectivity index is 2.16. The molecule has 2 rings (SSSR count). The van der Waals surface area contributed by atoms with Crippen LogP contribution in [0.5, 0.6) is 5.88 Å². The summed E-state index contributed by atoms with van der Waals surface area (Å²) in [7, 11) is 3.04. The molecule has 0 radical (unpaired) electrons. The molecule has 9 heteroatoms. The highest BCUT2D eigenvalue weighted by atomic mass is 16.5. The van der Waals surface area contributed by atoms with Crippen molar-refractivity contribution in [2.45, 2.75) is 32.2 Å². The molecule has 3 N–H and O–H groups in total. The van der Waals surface area contributed by atoms with Gasteiger partial charge in [-0.25, -0.2) is 4.98 Å². The number of nitrogens with one attached hydrogen (secondary N) is 1. The fraction of sp³-hybridized carbons (Fsp3) is 0.381. The number of hydrogen-bond acceptors (Lipinski definition) is 6. The van der Waals surface area contributed by atoms with Crippen LogP contribution in [0.1, 0.15) is 36.5 Å². The third-order valence-electron chi connectivity index (χ3n) is 4.85. The first-order chi connectivity index (χ1) is 14.3. The summed E-state index contributed by atoms with van der Waals surface area (Å²) in [6.45, 7) is 6.39. The van der Waals surface area contributed by atoms with Crippen LogP contribution in [0.3, 0.4) is 0 Å². The molecular formula is C21H27N5O4. The molecular weight excluding hydrogens is 386 g/mol. The van der Waals surface area contributed by atoms with Gasteiger partial charge in [-0.3, -0.25) is 19.4 Å². The van der Waals surface area contributed by atoms with E-state index in [1.165, 1.54) is 24.3 Å². The van der Waals surface area contributed by atoms with Crippen LogP contribution in [0.2, 0.25) is 0 Å². The number of rotatable bonds is 6. The standard InChI is InChI=1S/C21H27N5O4/c1-13(8-9-14(2)23-3)17-7-5-6-10-26(17)21(29)19(28)25-15-11-16(18(22)27)20(30-4)24-12-15/h8-9,11-12,17H,1,5-7,10H2,2-4H3,(H2,22,27)(H,25,28)/b9-8-,23-14?/t17-/m0/s1. The second kappa shape index (κ2) is 10.3. The number of likely N-dealkylation sites (tertiary alicyclic amines) is 1. The molecule has 0 saturated carbocycles. The van der Waals surface area contributed by atoms with Crippen LogP contribution in [-0.4, -0.2) is 60.1 Å². The predicted octanol–water partition coefficient (Wildman–Crippen LogP) is 1.71. The Labute approximate surface area is 175 Å². The zero-order chi connectivity index (χ0) is 22.3. The number of methoxy groups -OCH3 is 1. The number of nitrogens with zero attached hydrogens (tertiary/aromatic N) is 3. The number of aromatic nitrogens is 1. The number of hydrogen-bond donors (Lipinski definition) is 2. The largest absolute Gasteiger partial charge is 0.480 e. The van der Waals surface area contributed by atoms with Crippen molar-refractivity contribution >= 4 is 29.1 Å². The summed E-state index contributed by atoms with van der Waals surface area (Å²) in [5.41, 5.74) is 7.05. The number of nitrogens with two attached hydrogens (primary N) is 1. The van der Waals surface area contributed by atoms with Gasteiger partial charge in [0.1, 0.15) is 5.56 Å². The molecule has 1 saturated heterocycles. The number of primary amides is 1. The third kappa shape index (κ3) is 5.53. The van der Waals surface area contributed by atoms with Gasteiger partial charge in [0.05, 0.1) is 25.0 Å². The maximum atomic E-state index is 12.8. The first-order valence-corrected chi connectivity index (χ1v) is 9.54. The van der Waals surface area contributed by atoms with E-state index in [2.05, 4.69) is 21.9 Å². The van der Waals surface area contributed by atoms with Crippen LogP contribution in [0, 0.1) is 0 Å². The highest BCUT2D eigenvalue weighted by molar-refractivity contribution is 6.39. The smallest absolute Gasteiger partial charge is 0.313 e. The minimum atomic E-state index is -0.827. The maximum Gasteiger partial charge on any atom is 0.313 e. The average molecular weight is 413 g/mol. The zero-order valence-corrected chi connectivity index (χ0v) is 17.5. The number of pyridine rings is 1. The van der Waals surface area contributed by atoms with Crippen molar-refractivity contribution in [1.82, 2.24) is 9.88 Å².